The molecular formula is C25H29N5O7. The second-order valence-corrected chi connectivity index (χ2v) is 8.11. The number of hydrogen-bond acceptors (Lipinski definition) is 9. The Balaban J connectivity index is 1.60. The lowest BCUT2D eigenvalue weighted by Crippen LogP contribution is -2.43. The molecule has 1 aliphatic heterocycles. The molecule has 2 amide bonds. The Morgan fingerprint density at radius 3 is 2.65 bits per heavy atom. The molecule has 0 atom stereocenters. The third kappa shape index (κ3) is 7.16. The number of rotatable bonds is 10. The molecule has 1 aromatic heterocycles. The van der Waals surface area contributed by atoms with Crippen molar-refractivity contribution >= 4 is 18.0 Å². The maximum atomic E-state index is 12.6. The van der Waals surface area contributed by atoms with Crippen LogP contribution in [0, 0.1) is 18.3 Å². The highest BCUT2D eigenvalue weighted by atomic mass is 16.5. The Labute approximate surface area is 214 Å². The molecule has 0 saturated carbocycles. The Morgan fingerprint density at radius 2 is 1.97 bits per heavy atom. The van der Waals surface area contributed by atoms with Crippen molar-refractivity contribution in [1.29, 1.82) is 5.26 Å². The van der Waals surface area contributed by atoms with Gasteiger partial charge in [0.15, 0.2) is 18.1 Å². The van der Waals surface area contributed by atoms with Gasteiger partial charge in [-0.25, -0.2) is 5.43 Å². The van der Waals surface area contributed by atoms with E-state index >= 15 is 0 Å². The molecule has 0 spiro atoms. The fourth-order valence-electron chi connectivity index (χ4n) is 3.71. The second kappa shape index (κ2) is 13.2. The number of amides is 2. The molecule has 12 nitrogen and oxygen atoms in total. The third-order valence-electron chi connectivity index (χ3n) is 5.61. The van der Waals surface area contributed by atoms with Gasteiger partial charge in [-0.05, 0) is 36.8 Å². The molecule has 3 rings (SSSR count). The number of methoxy groups -OCH3 is 2. The van der Waals surface area contributed by atoms with Gasteiger partial charge < -0.3 is 28.4 Å². The average molecular weight is 512 g/mol. The number of nitrogens with zero attached hydrogens (tertiary/aromatic N) is 4. The largest absolute Gasteiger partial charge is 0.493 e. The summed E-state index contributed by atoms with van der Waals surface area (Å²) >= 11 is 0. The first-order chi connectivity index (χ1) is 17.9. The van der Waals surface area contributed by atoms with Crippen LogP contribution >= 0.6 is 0 Å². The highest BCUT2D eigenvalue weighted by Gasteiger charge is 2.18. The number of ether oxygens (including phenoxy) is 4. The lowest BCUT2D eigenvalue weighted by atomic mass is 10.1. The fraction of sp³-hybridized carbons (Fsp3) is 0.400. The van der Waals surface area contributed by atoms with Crippen LogP contribution in [0.5, 0.6) is 11.5 Å². The zero-order chi connectivity index (χ0) is 26.8. The molecule has 0 radical (unpaired) electrons. The van der Waals surface area contributed by atoms with Crippen molar-refractivity contribution in [2.75, 3.05) is 47.1 Å². The van der Waals surface area contributed by atoms with Crippen molar-refractivity contribution in [3.8, 4) is 17.6 Å². The van der Waals surface area contributed by atoms with E-state index in [4.69, 9.17) is 18.9 Å². The lowest BCUT2D eigenvalue weighted by Gasteiger charge is -2.26. The van der Waals surface area contributed by atoms with Gasteiger partial charge in [0, 0.05) is 31.5 Å². The Hall–Kier alpha value is -4.21. The van der Waals surface area contributed by atoms with Gasteiger partial charge in [0.1, 0.15) is 18.2 Å². The molecule has 1 aromatic carbocycles. The molecule has 1 N–H and O–H groups in total. The molecule has 1 saturated heterocycles. The van der Waals surface area contributed by atoms with E-state index < -0.39 is 11.5 Å². The smallest absolute Gasteiger partial charge is 0.269 e. The van der Waals surface area contributed by atoms with Crippen LogP contribution in [0.1, 0.15) is 22.4 Å². The molecule has 0 aliphatic carbocycles. The lowest BCUT2D eigenvalue weighted by molar-refractivity contribution is -0.137. The molecule has 196 valence electrons. The summed E-state index contributed by atoms with van der Waals surface area (Å²) in [6, 6.07) is 8.50. The zero-order valence-corrected chi connectivity index (χ0v) is 21.0. The van der Waals surface area contributed by atoms with Gasteiger partial charge >= 0.3 is 0 Å². The number of hydrazone groups is 1. The summed E-state index contributed by atoms with van der Waals surface area (Å²) in [5.74, 6) is 0.111. The van der Waals surface area contributed by atoms with Crippen LogP contribution in [0.25, 0.3) is 0 Å². The van der Waals surface area contributed by atoms with Gasteiger partial charge in [0.05, 0.1) is 33.1 Å². The Morgan fingerprint density at radius 1 is 1.22 bits per heavy atom. The number of hydrogen-bond donors (Lipinski definition) is 1. The van der Waals surface area contributed by atoms with Gasteiger partial charge in [-0.15, -0.1) is 0 Å². The van der Waals surface area contributed by atoms with E-state index in [1.165, 1.54) is 25.0 Å². The van der Waals surface area contributed by atoms with Crippen molar-refractivity contribution in [3.63, 3.8) is 0 Å². The molecule has 37 heavy (non-hydrogen) atoms. The second-order valence-electron chi connectivity index (χ2n) is 8.11. The van der Waals surface area contributed by atoms with E-state index in [0.717, 1.165) is 0 Å². The molecule has 0 unspecified atom stereocenters. The maximum Gasteiger partial charge on any atom is 0.269 e. The SMILES string of the molecule is COCc1cc(C)n(CC(=O)N/N=C\c2ccc(OCC(=O)N3CCOCC3)c(OC)c2)c(=O)c1C#N. The molecule has 1 aliphatic rings. The minimum Gasteiger partial charge on any atom is -0.493 e. The average Bonchev–Trinajstić information content (AvgIpc) is 2.90. The van der Waals surface area contributed by atoms with E-state index in [-0.39, 0.29) is 31.2 Å². The summed E-state index contributed by atoms with van der Waals surface area (Å²) in [6.07, 6.45) is 1.40. The van der Waals surface area contributed by atoms with Crippen molar-refractivity contribution < 1.29 is 28.5 Å². The number of carbonyl (C=O) groups is 2. The van der Waals surface area contributed by atoms with E-state index in [1.807, 2.05) is 6.07 Å². The van der Waals surface area contributed by atoms with E-state index in [1.54, 1.807) is 36.1 Å². The molecule has 0 bridgehead atoms. The first-order valence-corrected chi connectivity index (χ1v) is 11.5. The minimum atomic E-state index is -0.568. The number of nitriles is 1. The number of aromatic nitrogens is 1. The van der Waals surface area contributed by atoms with Gasteiger partial charge in [-0.1, -0.05) is 0 Å². The standard InChI is InChI=1S/C25H29N5O7/c1-17-10-19(15-34-2)20(12-26)25(33)30(17)14-23(31)28-27-13-18-4-5-21(22(11-18)35-3)37-16-24(32)29-6-8-36-9-7-29/h4-5,10-11,13H,6-9,14-16H2,1-3H3,(H,28,31)/b27-13-. The Bertz CT molecular complexity index is 1260. The zero-order valence-electron chi connectivity index (χ0n) is 21.0. The van der Waals surface area contributed by atoms with Gasteiger partial charge in [0.25, 0.3) is 17.4 Å². The van der Waals surface area contributed by atoms with Crippen molar-refractivity contribution in [2.45, 2.75) is 20.1 Å². The van der Waals surface area contributed by atoms with Gasteiger partial charge in [0.2, 0.25) is 0 Å². The highest BCUT2D eigenvalue weighted by molar-refractivity contribution is 5.83. The molecule has 2 heterocycles. The first-order valence-electron chi connectivity index (χ1n) is 11.5. The first kappa shape index (κ1) is 27.4. The summed E-state index contributed by atoms with van der Waals surface area (Å²) in [5.41, 5.74) is 3.32. The van der Waals surface area contributed by atoms with Crippen LogP contribution in [0.4, 0.5) is 0 Å². The number of morpholine rings is 1. The number of pyridine rings is 1. The van der Waals surface area contributed by atoms with Crippen LogP contribution in [0.3, 0.4) is 0 Å². The van der Waals surface area contributed by atoms with Crippen LogP contribution in [-0.2, 0) is 32.2 Å². The normalized spacial score (nSPS) is 13.3. The predicted octanol–water partition coefficient (Wildman–Crippen LogP) is 0.571. The summed E-state index contributed by atoms with van der Waals surface area (Å²) in [6.45, 7) is 3.45. The van der Waals surface area contributed by atoms with Crippen LogP contribution in [0.15, 0.2) is 34.2 Å². The predicted molar refractivity (Wildman–Crippen MR) is 132 cm³/mol. The quantitative estimate of drug-likeness (QED) is 0.360. The van der Waals surface area contributed by atoms with Crippen LogP contribution in [0.2, 0.25) is 0 Å². The number of aryl methyl sites for hydroxylation is 1. The van der Waals surface area contributed by atoms with E-state index in [9.17, 15) is 19.6 Å². The summed E-state index contributed by atoms with van der Waals surface area (Å²) in [4.78, 5) is 39.0. The maximum absolute atomic E-state index is 12.6. The molecular weight excluding hydrogens is 482 g/mol. The summed E-state index contributed by atoms with van der Waals surface area (Å²) in [5, 5.41) is 13.3. The van der Waals surface area contributed by atoms with Crippen LogP contribution in [-0.4, -0.2) is 74.6 Å². The molecule has 12 heteroatoms. The van der Waals surface area contributed by atoms with Crippen molar-refractivity contribution in [3.05, 3.63) is 57.0 Å². The number of nitrogens with one attached hydrogen (secondary N) is 1. The summed E-state index contributed by atoms with van der Waals surface area (Å²) in [7, 11) is 2.94. The fourth-order valence-corrected chi connectivity index (χ4v) is 3.71. The number of carbonyl (C=O) groups excluding carboxylic acids is 2. The number of benzene rings is 1. The van der Waals surface area contributed by atoms with Crippen molar-refractivity contribution in [1.82, 2.24) is 14.9 Å². The highest BCUT2D eigenvalue weighted by Crippen LogP contribution is 2.27. The monoisotopic (exact) mass is 511 g/mol. The molecule has 2 aromatic rings. The third-order valence-corrected chi connectivity index (χ3v) is 5.61. The summed E-state index contributed by atoms with van der Waals surface area (Å²) < 4.78 is 22.5. The van der Waals surface area contributed by atoms with E-state index in [0.29, 0.717) is 54.6 Å². The Kier molecular flexibility index (Phi) is 9.76. The molecule has 1 fully saturated rings. The van der Waals surface area contributed by atoms with Crippen LogP contribution < -0.4 is 20.5 Å². The minimum absolute atomic E-state index is 0.0650. The topological polar surface area (TPSA) is 144 Å². The van der Waals surface area contributed by atoms with E-state index in [2.05, 4.69) is 10.5 Å². The van der Waals surface area contributed by atoms with Gasteiger partial charge in [-0.2, -0.15) is 10.4 Å². The van der Waals surface area contributed by atoms with Crippen molar-refractivity contribution in [2.24, 2.45) is 5.10 Å². The van der Waals surface area contributed by atoms with Gasteiger partial charge in [-0.3, -0.25) is 14.4 Å².